The number of rotatable bonds is 6. The van der Waals surface area contributed by atoms with E-state index in [1.165, 1.54) is 58.7 Å². The van der Waals surface area contributed by atoms with Crippen molar-refractivity contribution in [2.45, 2.75) is 44.6 Å². The maximum absolute atomic E-state index is 11.5. The summed E-state index contributed by atoms with van der Waals surface area (Å²) in [6, 6.07) is 0.603. The second-order valence-corrected chi connectivity index (χ2v) is 5.53. The first-order chi connectivity index (χ1) is 8.79. The van der Waals surface area contributed by atoms with Gasteiger partial charge in [0.2, 0.25) is 0 Å². The first kappa shape index (κ1) is 13.8. The predicted molar refractivity (Wildman–Crippen MR) is 71.5 cm³/mol. The van der Waals surface area contributed by atoms with Gasteiger partial charge in [-0.2, -0.15) is 0 Å². The highest BCUT2D eigenvalue weighted by Gasteiger charge is 2.25. The van der Waals surface area contributed by atoms with Crippen LogP contribution in [0.3, 0.4) is 0 Å². The van der Waals surface area contributed by atoms with Crippen LogP contribution in [0.5, 0.6) is 0 Å². The van der Waals surface area contributed by atoms with Crippen LogP contribution in [0.1, 0.15) is 38.5 Å². The lowest BCUT2D eigenvalue weighted by Crippen LogP contribution is -2.42. The van der Waals surface area contributed by atoms with Crippen LogP contribution < -0.4 is 0 Å². The minimum atomic E-state index is -0.0941. The summed E-state index contributed by atoms with van der Waals surface area (Å²) in [5.74, 6) is -0.0941. The van der Waals surface area contributed by atoms with Gasteiger partial charge >= 0.3 is 5.97 Å². The topological polar surface area (TPSA) is 32.8 Å². The fraction of sp³-hybridized carbons (Fsp3) is 0.929. The van der Waals surface area contributed by atoms with E-state index >= 15 is 0 Å². The van der Waals surface area contributed by atoms with E-state index in [0.717, 1.165) is 13.1 Å². The van der Waals surface area contributed by atoms with Crippen LogP contribution in [-0.2, 0) is 9.53 Å². The molecule has 0 aromatic heterocycles. The van der Waals surface area contributed by atoms with Crippen LogP contribution in [0.4, 0.5) is 0 Å². The molecule has 0 amide bonds. The molecule has 0 aromatic rings. The summed E-state index contributed by atoms with van der Waals surface area (Å²) in [5.41, 5.74) is 0. The zero-order valence-electron chi connectivity index (χ0n) is 11.6. The number of likely N-dealkylation sites (tertiary alicyclic amines) is 1. The van der Waals surface area contributed by atoms with Gasteiger partial charge in [-0.15, -0.1) is 0 Å². The molecule has 0 aromatic carbocycles. The first-order valence-corrected chi connectivity index (χ1v) is 7.33. The lowest BCUT2D eigenvalue weighted by atomic mass is 10.2. The molecule has 0 spiro atoms. The number of carbonyl (C=O) groups excluding carboxylic acids is 1. The number of hydrogen-bond donors (Lipinski definition) is 0. The van der Waals surface area contributed by atoms with Crippen molar-refractivity contribution in [3.63, 3.8) is 0 Å². The van der Waals surface area contributed by atoms with Crippen molar-refractivity contribution in [2.24, 2.45) is 0 Å². The van der Waals surface area contributed by atoms with Crippen molar-refractivity contribution >= 4 is 5.97 Å². The molecule has 104 valence electrons. The summed E-state index contributed by atoms with van der Waals surface area (Å²) in [7, 11) is 1.48. The molecule has 0 radical (unpaired) electrons. The minimum Gasteiger partial charge on any atom is -0.468 e. The van der Waals surface area contributed by atoms with E-state index in [9.17, 15) is 4.79 Å². The number of ether oxygens (including phenoxy) is 1. The van der Waals surface area contributed by atoms with Crippen LogP contribution in [0.2, 0.25) is 0 Å². The minimum absolute atomic E-state index is 0.0941. The highest BCUT2D eigenvalue weighted by atomic mass is 16.5. The van der Waals surface area contributed by atoms with Gasteiger partial charge in [0.05, 0.1) is 13.7 Å². The molecule has 0 bridgehead atoms. The van der Waals surface area contributed by atoms with E-state index < -0.39 is 0 Å². The molecule has 1 aliphatic heterocycles. The Morgan fingerprint density at radius 2 is 1.89 bits per heavy atom. The van der Waals surface area contributed by atoms with E-state index in [4.69, 9.17) is 4.74 Å². The molecule has 4 nitrogen and oxygen atoms in total. The molecular formula is C14H26N2O2. The number of nitrogens with zero attached hydrogens (tertiary/aromatic N) is 2. The van der Waals surface area contributed by atoms with Crippen molar-refractivity contribution in [1.82, 2.24) is 9.80 Å². The Hall–Kier alpha value is -0.610. The summed E-state index contributed by atoms with van der Waals surface area (Å²) in [6.45, 7) is 5.05. The van der Waals surface area contributed by atoms with Gasteiger partial charge in [-0.05, 0) is 38.8 Å². The maximum atomic E-state index is 11.5. The molecule has 18 heavy (non-hydrogen) atoms. The Morgan fingerprint density at radius 3 is 2.50 bits per heavy atom. The Morgan fingerprint density at radius 1 is 1.22 bits per heavy atom. The third-order valence-corrected chi connectivity index (χ3v) is 4.30. The summed E-state index contributed by atoms with van der Waals surface area (Å²) >= 11 is 0. The quantitative estimate of drug-likeness (QED) is 0.673. The predicted octanol–water partition coefficient (Wildman–Crippen LogP) is 1.50. The average Bonchev–Trinajstić information content (AvgIpc) is 3.06. The molecule has 2 fully saturated rings. The summed E-state index contributed by atoms with van der Waals surface area (Å²) in [4.78, 5) is 16.4. The molecule has 4 heteroatoms. The zero-order valence-corrected chi connectivity index (χ0v) is 11.6. The number of hydrogen-bond acceptors (Lipinski definition) is 4. The number of esters is 1. The first-order valence-electron chi connectivity index (χ1n) is 7.33. The molecule has 0 unspecified atom stereocenters. The van der Waals surface area contributed by atoms with Gasteiger partial charge in [-0.3, -0.25) is 9.69 Å². The standard InChI is InChI=1S/C14H26N2O2/c1-18-14(17)12-16(13-6-2-3-7-13)11-10-15-8-4-5-9-15/h13H,2-12H2,1H3. The fourth-order valence-electron chi connectivity index (χ4n) is 3.17. The highest BCUT2D eigenvalue weighted by Crippen LogP contribution is 2.23. The van der Waals surface area contributed by atoms with Crippen LogP contribution in [-0.4, -0.2) is 61.6 Å². The molecule has 0 atom stereocenters. The largest absolute Gasteiger partial charge is 0.468 e. The molecule has 2 rings (SSSR count). The molecule has 2 aliphatic rings. The van der Waals surface area contributed by atoms with Crippen LogP contribution >= 0.6 is 0 Å². The van der Waals surface area contributed by atoms with E-state index in [1.807, 2.05) is 0 Å². The van der Waals surface area contributed by atoms with Crippen molar-refractivity contribution in [3.8, 4) is 0 Å². The summed E-state index contributed by atoms with van der Waals surface area (Å²) in [5, 5.41) is 0. The van der Waals surface area contributed by atoms with E-state index in [1.54, 1.807) is 0 Å². The fourth-order valence-corrected chi connectivity index (χ4v) is 3.17. The molecule has 1 aliphatic carbocycles. The highest BCUT2D eigenvalue weighted by molar-refractivity contribution is 5.71. The van der Waals surface area contributed by atoms with Gasteiger partial charge in [0, 0.05) is 19.1 Å². The van der Waals surface area contributed by atoms with Gasteiger partial charge in [0.1, 0.15) is 0 Å². The monoisotopic (exact) mass is 254 g/mol. The van der Waals surface area contributed by atoms with Crippen LogP contribution in [0, 0.1) is 0 Å². The third kappa shape index (κ3) is 3.95. The SMILES string of the molecule is COC(=O)CN(CCN1CCCC1)C1CCCC1. The molecule has 1 heterocycles. The van der Waals surface area contributed by atoms with Gasteiger partial charge in [-0.1, -0.05) is 12.8 Å². The van der Waals surface area contributed by atoms with Gasteiger partial charge in [-0.25, -0.2) is 0 Å². The summed E-state index contributed by atoms with van der Waals surface area (Å²) in [6.07, 6.45) is 7.78. The second kappa shape index (κ2) is 7.10. The van der Waals surface area contributed by atoms with E-state index in [0.29, 0.717) is 12.6 Å². The molecule has 1 saturated carbocycles. The molecule has 1 saturated heterocycles. The lowest BCUT2D eigenvalue weighted by molar-refractivity contribution is -0.142. The Balaban J connectivity index is 1.80. The zero-order chi connectivity index (χ0) is 12.8. The van der Waals surface area contributed by atoms with Crippen LogP contribution in [0.25, 0.3) is 0 Å². The Bertz CT molecular complexity index is 259. The molecule has 0 N–H and O–H groups in total. The van der Waals surface area contributed by atoms with Gasteiger partial charge < -0.3 is 9.64 Å². The van der Waals surface area contributed by atoms with E-state index in [2.05, 4.69) is 9.80 Å². The van der Waals surface area contributed by atoms with Crippen LogP contribution in [0.15, 0.2) is 0 Å². The Labute approximate surface area is 110 Å². The van der Waals surface area contributed by atoms with E-state index in [-0.39, 0.29) is 5.97 Å². The van der Waals surface area contributed by atoms with Gasteiger partial charge in [0.25, 0.3) is 0 Å². The van der Waals surface area contributed by atoms with Crippen molar-refractivity contribution in [1.29, 1.82) is 0 Å². The lowest BCUT2D eigenvalue weighted by Gasteiger charge is -2.29. The van der Waals surface area contributed by atoms with Crippen molar-refractivity contribution < 1.29 is 9.53 Å². The maximum Gasteiger partial charge on any atom is 0.319 e. The third-order valence-electron chi connectivity index (χ3n) is 4.30. The number of methoxy groups -OCH3 is 1. The average molecular weight is 254 g/mol. The second-order valence-electron chi connectivity index (χ2n) is 5.53. The normalized spacial score (nSPS) is 21.9. The smallest absolute Gasteiger partial charge is 0.319 e. The molecular weight excluding hydrogens is 228 g/mol. The van der Waals surface area contributed by atoms with Crippen molar-refractivity contribution in [3.05, 3.63) is 0 Å². The summed E-state index contributed by atoms with van der Waals surface area (Å²) < 4.78 is 4.82. The Kier molecular flexibility index (Phi) is 5.45. The number of carbonyl (C=O) groups is 1. The van der Waals surface area contributed by atoms with Crippen molar-refractivity contribution in [2.75, 3.05) is 39.8 Å². The van der Waals surface area contributed by atoms with Gasteiger partial charge in [0.15, 0.2) is 0 Å².